The van der Waals surface area contributed by atoms with E-state index >= 15 is 0 Å². The molecule has 0 bridgehead atoms. The predicted octanol–water partition coefficient (Wildman–Crippen LogP) is 6.74. The minimum Gasteiger partial charge on any atom is -0.493 e. The molecule has 0 aliphatic rings. The van der Waals surface area contributed by atoms with Crippen LogP contribution in [-0.2, 0) is 13.0 Å². The van der Waals surface area contributed by atoms with Crippen LogP contribution in [0.25, 0.3) is 11.1 Å². The molecule has 41 heavy (non-hydrogen) atoms. The monoisotopic (exact) mass is 550 g/mol. The van der Waals surface area contributed by atoms with Gasteiger partial charge >= 0.3 is 0 Å². The second-order valence-electron chi connectivity index (χ2n) is 9.97. The van der Waals surface area contributed by atoms with Gasteiger partial charge in [0.15, 0.2) is 11.5 Å². The number of nitrogens with zero attached hydrogens (tertiary/aromatic N) is 2. The lowest BCUT2D eigenvalue weighted by Crippen LogP contribution is -2.34. The molecule has 212 valence electrons. The molecule has 0 aliphatic carbocycles. The van der Waals surface area contributed by atoms with Crippen molar-refractivity contribution in [2.24, 2.45) is 0 Å². The van der Waals surface area contributed by atoms with Crippen molar-refractivity contribution in [3.63, 3.8) is 0 Å². The van der Waals surface area contributed by atoms with Crippen molar-refractivity contribution in [3.8, 4) is 22.6 Å². The number of rotatable bonds is 12. The molecule has 0 N–H and O–H groups in total. The third kappa shape index (κ3) is 7.14. The van der Waals surface area contributed by atoms with Crippen LogP contribution >= 0.6 is 0 Å². The van der Waals surface area contributed by atoms with E-state index in [4.69, 9.17) is 9.47 Å². The molecule has 0 aliphatic heterocycles. The lowest BCUT2D eigenvalue weighted by molar-refractivity contribution is 0.0755. The molecule has 6 nitrogen and oxygen atoms in total. The van der Waals surface area contributed by atoms with Gasteiger partial charge in [-0.1, -0.05) is 79.7 Å². The molecule has 0 fully saturated rings. The highest BCUT2D eigenvalue weighted by Crippen LogP contribution is 2.30. The average molecular weight is 551 g/mol. The molecule has 4 aromatic rings. The molecule has 4 aromatic carbocycles. The van der Waals surface area contributed by atoms with Crippen LogP contribution in [-0.4, -0.2) is 56.0 Å². The number of hydrogen-bond donors (Lipinski definition) is 0. The fraction of sp³-hybridized carbons (Fsp3) is 0.257. The Kier molecular flexibility index (Phi) is 10.2. The maximum atomic E-state index is 14.0. The third-order valence-corrected chi connectivity index (χ3v) is 7.11. The second-order valence-corrected chi connectivity index (χ2v) is 9.97. The van der Waals surface area contributed by atoms with E-state index in [-0.39, 0.29) is 11.8 Å². The molecule has 0 spiro atoms. The van der Waals surface area contributed by atoms with E-state index in [9.17, 15) is 9.59 Å². The Morgan fingerprint density at radius 1 is 0.659 bits per heavy atom. The maximum absolute atomic E-state index is 14.0. The Balaban J connectivity index is 1.60. The minimum atomic E-state index is -0.0921. The zero-order chi connectivity index (χ0) is 29.2. The van der Waals surface area contributed by atoms with Crippen LogP contribution < -0.4 is 9.47 Å². The summed E-state index contributed by atoms with van der Waals surface area (Å²) in [7, 11) is 5.04. The van der Waals surface area contributed by atoms with Crippen molar-refractivity contribution in [2.45, 2.75) is 26.3 Å². The molecule has 2 amide bonds. The molecule has 0 saturated carbocycles. The maximum Gasteiger partial charge on any atom is 0.254 e. The van der Waals surface area contributed by atoms with Gasteiger partial charge in [0.25, 0.3) is 11.8 Å². The van der Waals surface area contributed by atoms with Gasteiger partial charge in [-0.3, -0.25) is 9.59 Å². The van der Waals surface area contributed by atoms with Crippen LogP contribution in [0.4, 0.5) is 0 Å². The highest BCUT2D eigenvalue weighted by Gasteiger charge is 2.23. The number of amides is 2. The second kappa shape index (κ2) is 14.2. The van der Waals surface area contributed by atoms with E-state index in [0.29, 0.717) is 48.7 Å². The molecule has 0 unspecified atom stereocenters. The predicted molar refractivity (Wildman–Crippen MR) is 164 cm³/mol. The third-order valence-electron chi connectivity index (χ3n) is 7.11. The van der Waals surface area contributed by atoms with Crippen molar-refractivity contribution >= 4 is 11.8 Å². The number of methoxy groups -OCH3 is 2. The van der Waals surface area contributed by atoms with E-state index in [2.05, 4.69) is 6.92 Å². The van der Waals surface area contributed by atoms with Crippen LogP contribution in [0.1, 0.15) is 45.2 Å². The van der Waals surface area contributed by atoms with E-state index in [1.165, 1.54) is 0 Å². The van der Waals surface area contributed by atoms with Gasteiger partial charge in [-0.2, -0.15) is 0 Å². The summed E-state index contributed by atoms with van der Waals surface area (Å²) in [5, 5.41) is 0. The van der Waals surface area contributed by atoms with Gasteiger partial charge in [-0.15, -0.1) is 0 Å². The SMILES string of the molecule is CCCN(CCc1ccc(OC)c(OC)c1)C(=O)c1ccccc1-c1ccccc1C(=O)N(C)Cc1ccccc1. The quantitative estimate of drug-likeness (QED) is 0.196. The Bertz CT molecular complexity index is 1470. The van der Waals surface area contributed by atoms with Crippen LogP contribution in [0.5, 0.6) is 11.5 Å². The first-order chi connectivity index (χ1) is 20.0. The van der Waals surface area contributed by atoms with Crippen molar-refractivity contribution in [3.05, 3.63) is 119 Å². The first kappa shape index (κ1) is 29.4. The van der Waals surface area contributed by atoms with Crippen molar-refractivity contribution in [1.29, 1.82) is 0 Å². The first-order valence-electron chi connectivity index (χ1n) is 13.9. The van der Waals surface area contributed by atoms with E-state index < -0.39 is 0 Å². The van der Waals surface area contributed by atoms with Gasteiger partial charge < -0.3 is 19.3 Å². The van der Waals surface area contributed by atoms with E-state index in [1.54, 1.807) is 26.2 Å². The molecule has 0 heterocycles. The summed E-state index contributed by atoms with van der Waals surface area (Å²) in [6.07, 6.45) is 1.51. The van der Waals surface area contributed by atoms with E-state index in [0.717, 1.165) is 28.7 Å². The van der Waals surface area contributed by atoms with E-state index in [1.807, 2.05) is 102 Å². The number of benzene rings is 4. The number of ether oxygens (including phenoxy) is 2. The summed E-state index contributed by atoms with van der Waals surface area (Å²) in [4.78, 5) is 31.2. The summed E-state index contributed by atoms with van der Waals surface area (Å²) in [6.45, 7) is 3.74. The zero-order valence-electron chi connectivity index (χ0n) is 24.3. The smallest absolute Gasteiger partial charge is 0.254 e. The normalized spacial score (nSPS) is 10.6. The lowest BCUT2D eigenvalue weighted by atomic mass is 9.94. The van der Waals surface area contributed by atoms with Gasteiger partial charge in [0.1, 0.15) is 0 Å². The number of carbonyl (C=O) groups excluding carboxylic acids is 2. The fourth-order valence-corrected chi connectivity index (χ4v) is 5.00. The Morgan fingerprint density at radius 2 is 1.24 bits per heavy atom. The highest BCUT2D eigenvalue weighted by molar-refractivity contribution is 6.06. The van der Waals surface area contributed by atoms with Crippen LogP contribution in [0, 0.1) is 0 Å². The van der Waals surface area contributed by atoms with Crippen molar-refractivity contribution in [1.82, 2.24) is 9.80 Å². The van der Waals surface area contributed by atoms with Crippen molar-refractivity contribution in [2.75, 3.05) is 34.4 Å². The molecule has 0 atom stereocenters. The van der Waals surface area contributed by atoms with Crippen LogP contribution in [0.3, 0.4) is 0 Å². The zero-order valence-corrected chi connectivity index (χ0v) is 24.3. The summed E-state index contributed by atoms with van der Waals surface area (Å²) in [5.74, 6) is 1.20. The van der Waals surface area contributed by atoms with Gasteiger partial charge in [-0.25, -0.2) is 0 Å². The topological polar surface area (TPSA) is 59.1 Å². The van der Waals surface area contributed by atoms with Crippen molar-refractivity contribution < 1.29 is 19.1 Å². The molecule has 0 radical (unpaired) electrons. The molecule has 4 rings (SSSR count). The summed E-state index contributed by atoms with van der Waals surface area (Å²) in [6, 6.07) is 30.8. The number of hydrogen-bond acceptors (Lipinski definition) is 4. The summed E-state index contributed by atoms with van der Waals surface area (Å²) >= 11 is 0. The molecular formula is C35H38N2O4. The van der Waals surface area contributed by atoms with Gasteiger partial charge in [0.2, 0.25) is 0 Å². The average Bonchev–Trinajstić information content (AvgIpc) is 3.02. The molecule has 0 saturated heterocycles. The Hall–Kier alpha value is -4.58. The minimum absolute atomic E-state index is 0.0529. The van der Waals surface area contributed by atoms with Gasteiger partial charge in [0.05, 0.1) is 14.2 Å². The van der Waals surface area contributed by atoms with Crippen LogP contribution in [0.15, 0.2) is 97.1 Å². The Morgan fingerprint density at radius 3 is 1.85 bits per heavy atom. The van der Waals surface area contributed by atoms with Gasteiger partial charge in [-0.05, 0) is 59.4 Å². The summed E-state index contributed by atoms with van der Waals surface area (Å²) < 4.78 is 10.8. The van der Waals surface area contributed by atoms with Crippen LogP contribution in [0.2, 0.25) is 0 Å². The first-order valence-corrected chi connectivity index (χ1v) is 13.9. The number of carbonyl (C=O) groups is 2. The van der Waals surface area contributed by atoms with Gasteiger partial charge in [0, 0.05) is 37.8 Å². The molecule has 0 aromatic heterocycles. The fourth-order valence-electron chi connectivity index (χ4n) is 5.00. The lowest BCUT2D eigenvalue weighted by Gasteiger charge is -2.25. The molecular weight excluding hydrogens is 512 g/mol. The largest absolute Gasteiger partial charge is 0.493 e. The highest BCUT2D eigenvalue weighted by atomic mass is 16.5. The summed E-state index contributed by atoms with van der Waals surface area (Å²) in [5.41, 5.74) is 4.76. The standard InChI is InChI=1S/C35H38N2O4/c1-5-22-37(23-21-26-19-20-32(40-3)33(24-26)41-4)35(39)31-18-12-10-16-29(31)28-15-9-11-17-30(28)34(38)36(2)25-27-13-7-6-8-14-27/h6-20,24H,5,21-23,25H2,1-4H3. The Labute approximate surface area is 243 Å². The molecule has 6 heteroatoms.